The first kappa shape index (κ1) is 21.6. The molecule has 0 atom stereocenters. The number of para-hydroxylation sites is 1. The Labute approximate surface area is 153 Å². The summed E-state index contributed by atoms with van der Waals surface area (Å²) in [6.07, 6.45) is 5.15. The molecule has 7 heteroatoms. The minimum absolute atomic E-state index is 0.0187. The number of nitro groups is 1. The fourth-order valence-corrected chi connectivity index (χ4v) is 2.41. The van der Waals surface area contributed by atoms with Crippen LogP contribution in [-0.2, 0) is 25.5 Å². The maximum atomic E-state index is 11.7. The van der Waals surface area contributed by atoms with Crippen LogP contribution in [0.3, 0.4) is 0 Å². The molecule has 0 heterocycles. The molecular weight excluding hydrogens is 338 g/mol. The third-order valence-corrected chi connectivity index (χ3v) is 3.85. The van der Waals surface area contributed by atoms with Gasteiger partial charge in [-0.3, -0.25) is 19.7 Å². The van der Waals surface area contributed by atoms with Gasteiger partial charge in [0.25, 0.3) is 5.69 Å². The number of hydrogen-bond acceptors (Lipinski definition) is 6. The molecule has 0 N–H and O–H groups in total. The summed E-state index contributed by atoms with van der Waals surface area (Å²) < 4.78 is 10.2. The lowest BCUT2D eigenvalue weighted by Crippen LogP contribution is -2.10. The summed E-state index contributed by atoms with van der Waals surface area (Å²) in [5.41, 5.74) is 0.544. The third kappa shape index (κ3) is 9.15. The van der Waals surface area contributed by atoms with Crippen molar-refractivity contribution in [1.29, 1.82) is 0 Å². The Kier molecular flexibility index (Phi) is 10.7. The van der Waals surface area contributed by atoms with Gasteiger partial charge in [0, 0.05) is 30.9 Å². The van der Waals surface area contributed by atoms with Gasteiger partial charge in [0.1, 0.15) is 0 Å². The summed E-state index contributed by atoms with van der Waals surface area (Å²) in [6, 6.07) is 6.36. The van der Waals surface area contributed by atoms with Crippen molar-refractivity contribution in [3.8, 4) is 0 Å². The second-order valence-corrected chi connectivity index (χ2v) is 5.99. The first-order chi connectivity index (χ1) is 12.5. The van der Waals surface area contributed by atoms with Crippen LogP contribution in [0.25, 0.3) is 0 Å². The summed E-state index contributed by atoms with van der Waals surface area (Å²) in [7, 11) is 0. The molecule has 0 aromatic heterocycles. The SMILES string of the molecule is CCCCCCOC(=O)CCCC(=O)OCCc1ccccc1[N+](=O)[O-]. The molecule has 0 saturated carbocycles. The van der Waals surface area contributed by atoms with E-state index in [9.17, 15) is 19.7 Å². The van der Waals surface area contributed by atoms with Crippen molar-refractivity contribution in [2.24, 2.45) is 0 Å². The van der Waals surface area contributed by atoms with Gasteiger partial charge in [-0.15, -0.1) is 0 Å². The van der Waals surface area contributed by atoms with E-state index in [1.54, 1.807) is 18.2 Å². The quantitative estimate of drug-likeness (QED) is 0.227. The van der Waals surface area contributed by atoms with Gasteiger partial charge in [-0.2, -0.15) is 0 Å². The van der Waals surface area contributed by atoms with Crippen molar-refractivity contribution >= 4 is 17.6 Å². The predicted octanol–water partition coefficient (Wildman–Crippen LogP) is 3.97. The van der Waals surface area contributed by atoms with E-state index in [0.717, 1.165) is 25.7 Å². The monoisotopic (exact) mass is 365 g/mol. The van der Waals surface area contributed by atoms with E-state index in [2.05, 4.69) is 6.92 Å². The zero-order chi connectivity index (χ0) is 19.2. The van der Waals surface area contributed by atoms with Crippen LogP contribution < -0.4 is 0 Å². The highest BCUT2D eigenvalue weighted by molar-refractivity contribution is 5.72. The van der Waals surface area contributed by atoms with Crippen molar-refractivity contribution in [2.75, 3.05) is 13.2 Å². The zero-order valence-corrected chi connectivity index (χ0v) is 15.3. The first-order valence-electron chi connectivity index (χ1n) is 9.08. The van der Waals surface area contributed by atoms with Gasteiger partial charge in [-0.05, 0) is 12.8 Å². The molecule has 144 valence electrons. The topological polar surface area (TPSA) is 95.7 Å². The fourth-order valence-electron chi connectivity index (χ4n) is 2.41. The Bertz CT molecular complexity index is 587. The highest BCUT2D eigenvalue weighted by atomic mass is 16.6. The predicted molar refractivity (Wildman–Crippen MR) is 96.7 cm³/mol. The van der Waals surface area contributed by atoms with Gasteiger partial charge >= 0.3 is 11.9 Å². The molecule has 0 aliphatic heterocycles. The number of nitrogens with zero attached hydrogens (tertiary/aromatic N) is 1. The lowest BCUT2D eigenvalue weighted by atomic mass is 10.1. The Morgan fingerprint density at radius 2 is 1.62 bits per heavy atom. The highest BCUT2D eigenvalue weighted by Crippen LogP contribution is 2.18. The molecule has 0 radical (unpaired) electrons. The van der Waals surface area contributed by atoms with Gasteiger partial charge in [0.15, 0.2) is 0 Å². The maximum absolute atomic E-state index is 11.7. The molecule has 0 bridgehead atoms. The van der Waals surface area contributed by atoms with Crippen molar-refractivity contribution < 1.29 is 24.0 Å². The molecule has 1 aromatic carbocycles. The number of unbranched alkanes of at least 4 members (excludes halogenated alkanes) is 3. The second kappa shape index (κ2) is 12.9. The van der Waals surface area contributed by atoms with Gasteiger partial charge in [0.05, 0.1) is 18.1 Å². The van der Waals surface area contributed by atoms with Crippen LogP contribution in [-0.4, -0.2) is 30.1 Å². The van der Waals surface area contributed by atoms with Crippen LogP contribution in [0, 0.1) is 10.1 Å². The molecule has 0 unspecified atom stereocenters. The summed E-state index contributed by atoms with van der Waals surface area (Å²) in [4.78, 5) is 33.6. The zero-order valence-electron chi connectivity index (χ0n) is 15.3. The van der Waals surface area contributed by atoms with E-state index in [0.29, 0.717) is 18.6 Å². The largest absolute Gasteiger partial charge is 0.466 e. The Hall–Kier alpha value is -2.44. The number of rotatable bonds is 13. The van der Waals surface area contributed by atoms with Gasteiger partial charge in [-0.1, -0.05) is 44.4 Å². The molecular formula is C19H27NO6. The van der Waals surface area contributed by atoms with Crippen molar-refractivity contribution in [3.63, 3.8) is 0 Å². The minimum atomic E-state index is -0.453. The average Bonchev–Trinajstić information content (AvgIpc) is 2.62. The number of carbonyl (C=O) groups excluding carboxylic acids is 2. The number of benzene rings is 1. The van der Waals surface area contributed by atoms with Crippen molar-refractivity contribution in [3.05, 3.63) is 39.9 Å². The summed E-state index contributed by atoms with van der Waals surface area (Å²) in [6.45, 7) is 2.62. The molecule has 0 amide bonds. The molecule has 0 saturated heterocycles. The van der Waals surface area contributed by atoms with Crippen LogP contribution in [0.2, 0.25) is 0 Å². The van der Waals surface area contributed by atoms with Crippen molar-refractivity contribution in [1.82, 2.24) is 0 Å². The Morgan fingerprint density at radius 3 is 2.27 bits per heavy atom. The van der Waals surface area contributed by atoms with Crippen LogP contribution in [0.5, 0.6) is 0 Å². The smallest absolute Gasteiger partial charge is 0.305 e. The average molecular weight is 365 g/mol. The molecule has 7 nitrogen and oxygen atoms in total. The fraction of sp³-hybridized carbons (Fsp3) is 0.579. The molecule has 1 aromatic rings. The molecule has 0 aliphatic rings. The summed E-state index contributed by atoms with van der Waals surface area (Å²) in [5, 5.41) is 10.9. The first-order valence-corrected chi connectivity index (χ1v) is 9.08. The van der Waals surface area contributed by atoms with Gasteiger partial charge < -0.3 is 9.47 Å². The molecule has 26 heavy (non-hydrogen) atoms. The maximum Gasteiger partial charge on any atom is 0.305 e. The number of esters is 2. The van der Waals surface area contributed by atoms with E-state index in [1.165, 1.54) is 6.07 Å². The Morgan fingerprint density at radius 1 is 0.962 bits per heavy atom. The Balaban J connectivity index is 2.14. The standard InChI is InChI=1S/C19H27NO6/c1-2-3-4-7-14-25-18(21)11-8-12-19(22)26-15-13-16-9-5-6-10-17(16)20(23)24/h5-6,9-10H,2-4,7-8,11-15H2,1H3. The number of carbonyl (C=O) groups is 2. The number of ether oxygens (including phenoxy) is 2. The van der Waals surface area contributed by atoms with Crippen molar-refractivity contribution in [2.45, 2.75) is 58.3 Å². The number of nitro benzene ring substituents is 1. The highest BCUT2D eigenvalue weighted by Gasteiger charge is 2.13. The van der Waals surface area contributed by atoms with Gasteiger partial charge in [0.2, 0.25) is 0 Å². The molecule has 1 rings (SSSR count). The van der Waals surface area contributed by atoms with E-state index in [4.69, 9.17) is 9.47 Å². The molecule has 0 spiro atoms. The van der Waals surface area contributed by atoms with Crippen LogP contribution in [0.1, 0.15) is 57.4 Å². The summed E-state index contributed by atoms with van der Waals surface area (Å²) >= 11 is 0. The van der Waals surface area contributed by atoms with Crippen LogP contribution in [0.4, 0.5) is 5.69 Å². The third-order valence-electron chi connectivity index (χ3n) is 3.85. The molecule has 0 fully saturated rings. The summed E-state index contributed by atoms with van der Waals surface area (Å²) in [5.74, 6) is -0.714. The van der Waals surface area contributed by atoms with Crippen LogP contribution >= 0.6 is 0 Å². The number of hydrogen-bond donors (Lipinski definition) is 0. The van der Waals surface area contributed by atoms with E-state index in [-0.39, 0.29) is 37.5 Å². The van der Waals surface area contributed by atoms with E-state index >= 15 is 0 Å². The second-order valence-electron chi connectivity index (χ2n) is 5.99. The normalized spacial score (nSPS) is 10.3. The van der Waals surface area contributed by atoms with Crippen LogP contribution in [0.15, 0.2) is 24.3 Å². The minimum Gasteiger partial charge on any atom is -0.466 e. The van der Waals surface area contributed by atoms with E-state index < -0.39 is 10.9 Å². The van der Waals surface area contributed by atoms with E-state index in [1.807, 2.05) is 0 Å². The lowest BCUT2D eigenvalue weighted by molar-refractivity contribution is -0.385. The van der Waals surface area contributed by atoms with Gasteiger partial charge in [-0.25, -0.2) is 0 Å². The molecule has 0 aliphatic carbocycles. The lowest BCUT2D eigenvalue weighted by Gasteiger charge is -2.06.